The van der Waals surface area contributed by atoms with E-state index in [1.165, 1.54) is 18.9 Å². The minimum absolute atomic E-state index is 0.0489. The first-order chi connectivity index (χ1) is 11.5. The van der Waals surface area contributed by atoms with Crippen LogP contribution in [0, 0.1) is 12.8 Å². The van der Waals surface area contributed by atoms with Gasteiger partial charge in [-0.05, 0) is 37.8 Å². The number of aromatic carboxylic acids is 1. The highest BCUT2D eigenvalue weighted by Crippen LogP contribution is 2.27. The van der Waals surface area contributed by atoms with Gasteiger partial charge in [-0.1, -0.05) is 30.5 Å². The van der Waals surface area contributed by atoms with Crippen LogP contribution in [-0.2, 0) is 6.54 Å². The number of benzene rings is 1. The summed E-state index contributed by atoms with van der Waals surface area (Å²) in [5, 5.41) is 16.1. The average Bonchev–Trinajstić information content (AvgIpc) is 3.19. The summed E-state index contributed by atoms with van der Waals surface area (Å²) < 4.78 is 1.62. The fraction of sp³-hybridized carbons (Fsp3) is 0.389. The number of hydrogen-bond acceptors (Lipinski definition) is 3. The van der Waals surface area contributed by atoms with Gasteiger partial charge in [0.15, 0.2) is 5.69 Å². The maximum Gasteiger partial charge on any atom is 0.356 e. The molecule has 24 heavy (non-hydrogen) atoms. The molecule has 0 saturated heterocycles. The van der Waals surface area contributed by atoms with E-state index in [1.807, 2.05) is 19.1 Å². The molecule has 1 heterocycles. The molecule has 2 N–H and O–H groups in total. The molecule has 0 spiro atoms. The van der Waals surface area contributed by atoms with Crippen LogP contribution >= 0.6 is 0 Å². The van der Waals surface area contributed by atoms with Gasteiger partial charge in [-0.3, -0.25) is 4.79 Å². The molecule has 2 aromatic rings. The van der Waals surface area contributed by atoms with Gasteiger partial charge in [0.05, 0.1) is 0 Å². The standard InChI is InChI=1S/C18H21N3O3/c1-12-6-8-14(9-7-12)17(22)19-16-10-15(18(23)24)20-21(16)11-13-4-2-3-5-13/h6-10,13H,2-5,11H2,1H3,(H,19,22)(H,23,24). The lowest BCUT2D eigenvalue weighted by Crippen LogP contribution is -2.18. The highest BCUT2D eigenvalue weighted by molar-refractivity contribution is 6.04. The Hall–Kier alpha value is -2.63. The second kappa shape index (κ2) is 6.86. The van der Waals surface area contributed by atoms with Crippen molar-refractivity contribution in [1.82, 2.24) is 9.78 Å². The third kappa shape index (κ3) is 3.64. The molecule has 0 bridgehead atoms. The van der Waals surface area contributed by atoms with Gasteiger partial charge in [0.1, 0.15) is 5.82 Å². The zero-order valence-electron chi connectivity index (χ0n) is 13.7. The van der Waals surface area contributed by atoms with E-state index in [0.29, 0.717) is 23.8 Å². The van der Waals surface area contributed by atoms with E-state index in [0.717, 1.165) is 18.4 Å². The first-order valence-corrected chi connectivity index (χ1v) is 8.22. The summed E-state index contributed by atoms with van der Waals surface area (Å²) in [7, 11) is 0. The van der Waals surface area contributed by atoms with Crippen LogP contribution in [0.3, 0.4) is 0 Å². The topological polar surface area (TPSA) is 84.2 Å². The smallest absolute Gasteiger partial charge is 0.356 e. The number of nitrogens with zero attached hydrogens (tertiary/aromatic N) is 2. The van der Waals surface area contributed by atoms with Crippen LogP contribution in [0.15, 0.2) is 30.3 Å². The van der Waals surface area contributed by atoms with Crippen molar-refractivity contribution >= 4 is 17.7 Å². The van der Waals surface area contributed by atoms with Crippen molar-refractivity contribution in [2.24, 2.45) is 5.92 Å². The molecular weight excluding hydrogens is 306 g/mol. The second-order valence-electron chi connectivity index (χ2n) is 6.37. The number of aromatic nitrogens is 2. The van der Waals surface area contributed by atoms with Gasteiger partial charge < -0.3 is 10.4 Å². The van der Waals surface area contributed by atoms with Gasteiger partial charge >= 0.3 is 5.97 Å². The Morgan fingerprint density at radius 2 is 1.92 bits per heavy atom. The Kier molecular flexibility index (Phi) is 4.64. The summed E-state index contributed by atoms with van der Waals surface area (Å²) in [6, 6.07) is 8.66. The monoisotopic (exact) mass is 327 g/mol. The fourth-order valence-electron chi connectivity index (χ4n) is 3.09. The van der Waals surface area contributed by atoms with E-state index < -0.39 is 5.97 Å². The lowest BCUT2D eigenvalue weighted by Gasteiger charge is -2.13. The largest absolute Gasteiger partial charge is 0.476 e. The number of amides is 1. The molecular formula is C18H21N3O3. The SMILES string of the molecule is Cc1ccc(C(=O)Nc2cc(C(=O)O)nn2CC2CCCC2)cc1. The summed E-state index contributed by atoms with van der Waals surface area (Å²) in [6.45, 7) is 2.59. The maximum absolute atomic E-state index is 12.4. The first kappa shape index (κ1) is 16.2. The van der Waals surface area contributed by atoms with Crippen molar-refractivity contribution in [2.45, 2.75) is 39.2 Å². The first-order valence-electron chi connectivity index (χ1n) is 8.22. The van der Waals surface area contributed by atoms with Gasteiger partial charge in [0, 0.05) is 18.2 Å². The molecule has 1 aromatic heterocycles. The van der Waals surface area contributed by atoms with Gasteiger partial charge in [-0.2, -0.15) is 5.10 Å². The molecule has 1 amide bonds. The van der Waals surface area contributed by atoms with E-state index in [2.05, 4.69) is 10.4 Å². The van der Waals surface area contributed by atoms with Crippen LogP contribution in [0.1, 0.15) is 52.1 Å². The molecule has 1 fully saturated rings. The van der Waals surface area contributed by atoms with E-state index in [4.69, 9.17) is 0 Å². The lowest BCUT2D eigenvalue weighted by atomic mass is 10.1. The molecule has 0 unspecified atom stereocenters. The minimum atomic E-state index is -1.09. The number of aryl methyl sites for hydroxylation is 1. The number of carbonyl (C=O) groups is 2. The normalized spacial score (nSPS) is 14.7. The molecule has 126 valence electrons. The van der Waals surface area contributed by atoms with Crippen molar-refractivity contribution < 1.29 is 14.7 Å². The van der Waals surface area contributed by atoms with Crippen LogP contribution < -0.4 is 5.32 Å². The van der Waals surface area contributed by atoms with Crippen LogP contribution in [0.2, 0.25) is 0 Å². The molecule has 0 radical (unpaired) electrons. The van der Waals surface area contributed by atoms with Crippen LogP contribution in [0.5, 0.6) is 0 Å². The van der Waals surface area contributed by atoms with Crippen molar-refractivity contribution in [1.29, 1.82) is 0 Å². The number of carbonyl (C=O) groups excluding carboxylic acids is 1. The highest BCUT2D eigenvalue weighted by atomic mass is 16.4. The Labute approximate surface area is 140 Å². The second-order valence-corrected chi connectivity index (χ2v) is 6.37. The van der Waals surface area contributed by atoms with Crippen LogP contribution in [0.4, 0.5) is 5.82 Å². The molecule has 1 saturated carbocycles. The highest BCUT2D eigenvalue weighted by Gasteiger charge is 2.21. The summed E-state index contributed by atoms with van der Waals surface area (Å²) in [5.74, 6) is -0.433. The Balaban J connectivity index is 1.80. The molecule has 0 atom stereocenters. The van der Waals surface area contributed by atoms with Gasteiger partial charge in [0.25, 0.3) is 5.91 Å². The Bertz CT molecular complexity index is 743. The number of rotatable bonds is 5. The van der Waals surface area contributed by atoms with Gasteiger partial charge in [-0.25, -0.2) is 9.48 Å². The Morgan fingerprint density at radius 1 is 1.25 bits per heavy atom. The van der Waals surface area contributed by atoms with E-state index >= 15 is 0 Å². The Morgan fingerprint density at radius 3 is 2.54 bits per heavy atom. The van der Waals surface area contributed by atoms with E-state index in [9.17, 15) is 14.7 Å². The molecule has 1 aliphatic rings. The van der Waals surface area contributed by atoms with Gasteiger partial charge in [-0.15, -0.1) is 0 Å². The molecule has 1 aliphatic carbocycles. The quantitative estimate of drug-likeness (QED) is 0.882. The molecule has 6 heteroatoms. The third-order valence-electron chi connectivity index (χ3n) is 4.46. The van der Waals surface area contributed by atoms with Crippen LogP contribution in [0.25, 0.3) is 0 Å². The zero-order chi connectivity index (χ0) is 17.1. The van der Waals surface area contributed by atoms with Crippen molar-refractivity contribution in [3.63, 3.8) is 0 Å². The molecule has 1 aromatic carbocycles. The summed E-state index contributed by atoms with van der Waals surface area (Å²) in [4.78, 5) is 23.6. The molecule has 3 rings (SSSR count). The molecule has 0 aliphatic heterocycles. The van der Waals surface area contributed by atoms with E-state index in [-0.39, 0.29) is 11.6 Å². The minimum Gasteiger partial charge on any atom is -0.476 e. The van der Waals surface area contributed by atoms with Crippen molar-refractivity contribution in [3.05, 3.63) is 47.2 Å². The third-order valence-corrected chi connectivity index (χ3v) is 4.46. The van der Waals surface area contributed by atoms with Gasteiger partial charge in [0.2, 0.25) is 0 Å². The zero-order valence-corrected chi connectivity index (χ0v) is 13.7. The number of carboxylic acids is 1. The average molecular weight is 327 g/mol. The predicted molar refractivity (Wildman–Crippen MR) is 90.3 cm³/mol. The van der Waals surface area contributed by atoms with Crippen molar-refractivity contribution in [2.75, 3.05) is 5.32 Å². The maximum atomic E-state index is 12.4. The molecule has 6 nitrogen and oxygen atoms in total. The number of carboxylic acid groups (broad SMARTS) is 1. The number of nitrogens with one attached hydrogen (secondary N) is 1. The summed E-state index contributed by atoms with van der Waals surface area (Å²) in [5.41, 5.74) is 1.56. The van der Waals surface area contributed by atoms with E-state index in [1.54, 1.807) is 16.8 Å². The fourth-order valence-corrected chi connectivity index (χ4v) is 3.09. The van der Waals surface area contributed by atoms with Crippen LogP contribution in [-0.4, -0.2) is 26.8 Å². The lowest BCUT2D eigenvalue weighted by molar-refractivity contribution is 0.0689. The number of hydrogen-bond donors (Lipinski definition) is 2. The van der Waals surface area contributed by atoms with Crippen molar-refractivity contribution in [3.8, 4) is 0 Å². The summed E-state index contributed by atoms with van der Waals surface area (Å²) in [6.07, 6.45) is 4.63. The summed E-state index contributed by atoms with van der Waals surface area (Å²) >= 11 is 0. The predicted octanol–water partition coefficient (Wildman–Crippen LogP) is 3.33. The number of anilines is 1.